The van der Waals surface area contributed by atoms with E-state index in [1.165, 1.54) is 25.6 Å². The Balaban J connectivity index is 1.75. The van der Waals surface area contributed by atoms with E-state index in [-0.39, 0.29) is 41.6 Å². The second kappa shape index (κ2) is 9.15. The molecule has 3 unspecified atom stereocenters. The summed E-state index contributed by atoms with van der Waals surface area (Å²) in [5, 5.41) is 9.53. The van der Waals surface area contributed by atoms with Crippen LogP contribution in [0.4, 0.5) is 0 Å². The summed E-state index contributed by atoms with van der Waals surface area (Å²) in [5.41, 5.74) is 2.09. The van der Waals surface area contributed by atoms with Gasteiger partial charge in [0.25, 0.3) is 0 Å². The number of amides is 3. The highest BCUT2D eigenvalue weighted by Crippen LogP contribution is 2.65. The van der Waals surface area contributed by atoms with Crippen LogP contribution in [0.25, 0.3) is 0 Å². The molecular formula is C27H30N4O3S. The van der Waals surface area contributed by atoms with Crippen LogP contribution in [0.1, 0.15) is 63.2 Å². The van der Waals surface area contributed by atoms with Gasteiger partial charge in [0.1, 0.15) is 4.87 Å². The monoisotopic (exact) mass is 490 g/mol. The van der Waals surface area contributed by atoms with Gasteiger partial charge in [-0.3, -0.25) is 14.4 Å². The van der Waals surface area contributed by atoms with E-state index in [4.69, 9.17) is 0 Å². The first-order chi connectivity index (χ1) is 16.8. The molecule has 5 rings (SSSR count). The molecule has 5 atom stereocenters. The molecule has 2 heterocycles. The number of nitrogens with one attached hydrogen (secondary N) is 1. The number of likely N-dealkylation sites (tertiary alicyclic amines) is 1. The molecule has 1 N–H and O–H groups in total. The predicted octanol–water partition coefficient (Wildman–Crippen LogP) is 4.45. The Morgan fingerprint density at radius 3 is 1.80 bits per heavy atom. The van der Waals surface area contributed by atoms with Crippen LogP contribution in [0.2, 0.25) is 0 Å². The van der Waals surface area contributed by atoms with Gasteiger partial charge in [-0.25, -0.2) is 5.01 Å². The average molecular weight is 491 g/mol. The van der Waals surface area contributed by atoms with E-state index < -0.39 is 4.87 Å². The fourth-order valence-electron chi connectivity index (χ4n) is 6.42. The van der Waals surface area contributed by atoms with E-state index in [1.54, 1.807) is 11.9 Å². The summed E-state index contributed by atoms with van der Waals surface area (Å²) in [5.74, 6) is -0.486. The number of amidine groups is 1. The van der Waals surface area contributed by atoms with Gasteiger partial charge in [-0.1, -0.05) is 78.8 Å². The molecule has 2 aromatic rings. The molecular weight excluding hydrogens is 460 g/mol. The summed E-state index contributed by atoms with van der Waals surface area (Å²) in [6, 6.07) is 19.7. The highest BCUT2D eigenvalue weighted by atomic mass is 32.2. The number of hydrazone groups is 1. The van der Waals surface area contributed by atoms with Gasteiger partial charge in [0.05, 0.1) is 12.1 Å². The minimum Gasteiger partial charge on any atom is -0.328 e. The second-order valence-corrected chi connectivity index (χ2v) is 10.8. The molecule has 1 saturated heterocycles. The maximum absolute atomic E-state index is 13.4. The largest absolute Gasteiger partial charge is 0.328 e. The molecule has 3 amide bonds. The number of thioether (sulfide) groups is 1. The zero-order chi connectivity index (χ0) is 24.7. The molecule has 182 valence electrons. The average Bonchev–Trinajstić information content (AvgIpc) is 3.18. The maximum atomic E-state index is 13.4. The standard InChI is InChI=1S/C27H30N4O3S/c1-17(32)28-26-29-31(19(3)34)27(35-26)22-15-10-16-23(27)25(21-13-8-5-9-14-21)30(18(2)33)24(22)20-11-6-4-7-12-20/h4-9,11-14,22-25H,10,15-16H2,1-3H3,(H,28,29,32)/t22-,23+,24?,25?,27?. The van der Waals surface area contributed by atoms with Crippen LogP contribution in [0.5, 0.6) is 0 Å². The fourth-order valence-corrected chi connectivity index (χ4v) is 8.10. The van der Waals surface area contributed by atoms with Crippen LogP contribution in [-0.4, -0.2) is 37.7 Å². The topological polar surface area (TPSA) is 82.1 Å². The lowest BCUT2D eigenvalue weighted by molar-refractivity contribution is -0.162. The summed E-state index contributed by atoms with van der Waals surface area (Å²) in [6.07, 6.45) is 2.69. The number of nitrogens with zero attached hydrogens (tertiary/aromatic N) is 3. The van der Waals surface area contributed by atoms with Gasteiger partial charge in [0.2, 0.25) is 17.7 Å². The first-order valence-electron chi connectivity index (χ1n) is 12.1. The summed E-state index contributed by atoms with van der Waals surface area (Å²) < 4.78 is 0. The number of rotatable bonds is 2. The molecule has 35 heavy (non-hydrogen) atoms. The van der Waals surface area contributed by atoms with Crippen molar-refractivity contribution < 1.29 is 14.4 Å². The molecule has 0 radical (unpaired) electrons. The van der Waals surface area contributed by atoms with Crippen LogP contribution < -0.4 is 5.32 Å². The fraction of sp³-hybridized carbons (Fsp3) is 0.407. The second-order valence-electron chi connectivity index (χ2n) is 9.55. The Morgan fingerprint density at radius 1 is 0.857 bits per heavy atom. The number of hydrogen-bond donors (Lipinski definition) is 1. The molecule has 7 nitrogen and oxygen atoms in total. The van der Waals surface area contributed by atoms with E-state index in [0.717, 1.165) is 30.4 Å². The smallest absolute Gasteiger partial charge is 0.240 e. The molecule has 0 aromatic heterocycles. The molecule has 2 aromatic carbocycles. The number of carbonyl (C=O) groups excluding carboxylic acids is 3. The number of carbonyl (C=O) groups is 3. The molecule has 1 saturated carbocycles. The SMILES string of the molecule is CC(=O)NC1=NN(C(C)=O)C2(S1)[C@@H]1CCC[C@H]2C(c2ccccc2)N(C(C)=O)C1c1ccccc1. The predicted molar refractivity (Wildman–Crippen MR) is 136 cm³/mol. The molecule has 2 bridgehead atoms. The van der Waals surface area contributed by atoms with Crippen molar-refractivity contribution in [1.82, 2.24) is 15.2 Å². The van der Waals surface area contributed by atoms with Crippen molar-refractivity contribution in [2.45, 2.75) is 57.0 Å². The van der Waals surface area contributed by atoms with Crippen molar-refractivity contribution >= 4 is 34.7 Å². The lowest BCUT2D eigenvalue weighted by Gasteiger charge is -2.62. The van der Waals surface area contributed by atoms with Crippen LogP contribution in [-0.2, 0) is 14.4 Å². The third kappa shape index (κ3) is 3.84. The van der Waals surface area contributed by atoms with Gasteiger partial charge in [-0.05, 0) is 24.0 Å². The van der Waals surface area contributed by atoms with Crippen molar-refractivity contribution in [3.8, 4) is 0 Å². The minimum absolute atomic E-state index is 0.0137. The first kappa shape index (κ1) is 23.6. The summed E-state index contributed by atoms with van der Waals surface area (Å²) in [6.45, 7) is 4.62. The van der Waals surface area contributed by atoms with E-state index in [1.807, 2.05) is 41.3 Å². The number of benzene rings is 2. The molecule has 1 aliphatic carbocycles. The molecule has 8 heteroatoms. The van der Waals surface area contributed by atoms with Crippen LogP contribution in [0.3, 0.4) is 0 Å². The molecule has 2 aliphatic heterocycles. The minimum atomic E-state index is -0.713. The zero-order valence-electron chi connectivity index (χ0n) is 20.2. The molecule has 1 spiro atoms. The van der Waals surface area contributed by atoms with Crippen molar-refractivity contribution in [3.05, 3.63) is 71.8 Å². The number of piperidine rings is 1. The Hall–Kier alpha value is -3.13. The highest BCUT2D eigenvalue weighted by molar-refractivity contribution is 8.15. The first-order valence-corrected chi connectivity index (χ1v) is 12.9. The van der Waals surface area contributed by atoms with Gasteiger partial charge in [-0.15, -0.1) is 5.10 Å². The summed E-state index contributed by atoms with van der Waals surface area (Å²) in [4.78, 5) is 39.7. The van der Waals surface area contributed by atoms with Crippen LogP contribution >= 0.6 is 11.8 Å². The maximum Gasteiger partial charge on any atom is 0.240 e. The number of hydrogen-bond acceptors (Lipinski definition) is 5. The summed E-state index contributed by atoms with van der Waals surface area (Å²) >= 11 is 1.49. The van der Waals surface area contributed by atoms with Gasteiger partial charge < -0.3 is 10.2 Å². The van der Waals surface area contributed by atoms with E-state index >= 15 is 0 Å². The lowest BCUT2D eigenvalue weighted by atomic mass is 9.62. The van der Waals surface area contributed by atoms with Gasteiger partial charge in [0, 0.05) is 32.6 Å². The zero-order valence-corrected chi connectivity index (χ0v) is 21.0. The summed E-state index contributed by atoms with van der Waals surface area (Å²) in [7, 11) is 0. The third-order valence-electron chi connectivity index (χ3n) is 7.46. The highest BCUT2D eigenvalue weighted by Gasteiger charge is 2.67. The third-order valence-corrected chi connectivity index (χ3v) is 8.95. The Labute approximate surface area is 209 Å². The van der Waals surface area contributed by atoms with E-state index in [0.29, 0.717) is 5.17 Å². The van der Waals surface area contributed by atoms with Gasteiger partial charge in [-0.2, -0.15) is 0 Å². The van der Waals surface area contributed by atoms with Crippen molar-refractivity contribution in [3.63, 3.8) is 0 Å². The van der Waals surface area contributed by atoms with Gasteiger partial charge >= 0.3 is 0 Å². The van der Waals surface area contributed by atoms with E-state index in [2.05, 4.69) is 34.7 Å². The molecule has 2 fully saturated rings. The Bertz CT molecular complexity index is 1110. The normalized spacial score (nSPS) is 29.6. The van der Waals surface area contributed by atoms with Crippen molar-refractivity contribution in [1.29, 1.82) is 0 Å². The van der Waals surface area contributed by atoms with E-state index in [9.17, 15) is 14.4 Å². The van der Waals surface area contributed by atoms with Crippen LogP contribution in [0, 0.1) is 11.8 Å². The Morgan fingerprint density at radius 2 is 1.37 bits per heavy atom. The Kier molecular flexibility index (Phi) is 6.17. The van der Waals surface area contributed by atoms with Crippen LogP contribution in [0.15, 0.2) is 65.8 Å². The van der Waals surface area contributed by atoms with Gasteiger partial charge in [0.15, 0.2) is 5.17 Å². The lowest BCUT2D eigenvalue weighted by Crippen LogP contribution is -2.66. The quantitative estimate of drug-likeness (QED) is 0.675. The molecule has 3 aliphatic rings. The van der Waals surface area contributed by atoms with Crippen molar-refractivity contribution in [2.24, 2.45) is 16.9 Å². The van der Waals surface area contributed by atoms with Crippen molar-refractivity contribution in [2.75, 3.05) is 0 Å².